The van der Waals surface area contributed by atoms with Crippen molar-refractivity contribution < 1.29 is 4.79 Å². The van der Waals surface area contributed by atoms with E-state index in [0.29, 0.717) is 0 Å². The van der Waals surface area contributed by atoms with E-state index in [1.54, 1.807) is 0 Å². The molecule has 1 aromatic heterocycles. The van der Waals surface area contributed by atoms with Crippen LogP contribution in [-0.2, 0) is 0 Å². The first-order valence-electron chi connectivity index (χ1n) is 4.53. The molecule has 0 aliphatic heterocycles. The van der Waals surface area contributed by atoms with Crippen molar-refractivity contribution in [2.24, 2.45) is 16.5 Å². The van der Waals surface area contributed by atoms with Gasteiger partial charge in [-0.1, -0.05) is 11.6 Å². The molecule has 102 valence electrons. The Kier molecular flexibility index (Phi) is 6.32. The summed E-state index contributed by atoms with van der Waals surface area (Å²) in [4.78, 5) is 22.3. The number of nitrogens with two attached hydrogens (primary N) is 3. The van der Waals surface area contributed by atoms with Crippen molar-refractivity contribution >= 4 is 47.5 Å². The first kappa shape index (κ1) is 16.7. The molecule has 0 atom stereocenters. The summed E-state index contributed by atoms with van der Waals surface area (Å²) in [7, 11) is 0. The Hall–Kier alpha value is -2.31. The maximum absolute atomic E-state index is 11.5. The Labute approximate surface area is 119 Å². The van der Waals surface area contributed by atoms with E-state index in [1.165, 1.54) is 0 Å². The van der Waals surface area contributed by atoms with Crippen molar-refractivity contribution in [2.75, 3.05) is 17.6 Å². The number of nitrogens with one attached hydrogen (secondary N) is 1. The number of carbonyl (C=O) groups excluding carboxylic acids is 1. The molecule has 11 heteroatoms. The summed E-state index contributed by atoms with van der Waals surface area (Å²) >= 11 is 5.75. The van der Waals surface area contributed by atoms with Crippen LogP contribution in [0.2, 0.25) is 5.15 Å². The fourth-order valence-electron chi connectivity index (χ4n) is 0.991. The van der Waals surface area contributed by atoms with Gasteiger partial charge in [-0.15, -0.1) is 12.4 Å². The van der Waals surface area contributed by atoms with Crippen molar-refractivity contribution in [3.8, 4) is 6.07 Å². The zero-order valence-corrected chi connectivity index (χ0v) is 11.0. The minimum Gasteiger partial charge on any atom is -0.382 e. The molecule has 0 spiro atoms. The predicted octanol–water partition coefficient (Wildman–Crippen LogP) is -0.517. The number of amides is 1. The van der Waals surface area contributed by atoms with E-state index >= 15 is 0 Å². The van der Waals surface area contributed by atoms with Gasteiger partial charge in [-0.25, -0.2) is 9.97 Å². The Morgan fingerprint density at radius 1 is 1.47 bits per heavy atom. The zero-order chi connectivity index (χ0) is 13.7. The molecular formula is C8H10Cl2N8O. The zero-order valence-electron chi connectivity index (χ0n) is 9.42. The summed E-state index contributed by atoms with van der Waals surface area (Å²) in [6.07, 6.45) is 0. The lowest BCUT2D eigenvalue weighted by Crippen LogP contribution is -2.24. The number of nitrogen functional groups attached to an aromatic ring is 1. The lowest BCUT2D eigenvalue weighted by atomic mass is 10.4. The third kappa shape index (κ3) is 4.46. The quantitative estimate of drug-likeness (QED) is 0.328. The lowest BCUT2D eigenvalue weighted by molar-refractivity contribution is 0.0998. The van der Waals surface area contributed by atoms with Gasteiger partial charge >= 0.3 is 5.91 Å². The number of carbonyl (C=O) groups is 1. The minimum absolute atomic E-state index is 0. The normalized spacial score (nSPS) is 8.84. The minimum atomic E-state index is -0.853. The Bertz CT molecular complexity index is 548. The molecule has 1 heterocycles. The molecule has 1 rings (SSSR count). The number of guanidine groups is 1. The van der Waals surface area contributed by atoms with Crippen molar-refractivity contribution in [2.45, 2.75) is 0 Å². The molecule has 0 aromatic carbocycles. The molecule has 1 amide bonds. The number of hydrogen-bond donors (Lipinski definition) is 4. The van der Waals surface area contributed by atoms with Crippen molar-refractivity contribution in [1.82, 2.24) is 9.97 Å². The summed E-state index contributed by atoms with van der Waals surface area (Å²) in [5.41, 5.74) is 15.3. The van der Waals surface area contributed by atoms with Crippen LogP contribution < -0.4 is 22.5 Å². The molecule has 9 nitrogen and oxygen atoms in total. The maximum atomic E-state index is 11.5. The van der Waals surface area contributed by atoms with Crippen molar-refractivity contribution in [1.29, 1.82) is 5.26 Å². The van der Waals surface area contributed by atoms with Gasteiger partial charge in [-0.3, -0.25) is 4.79 Å². The first-order chi connectivity index (χ1) is 8.45. The molecule has 0 saturated heterocycles. The Morgan fingerprint density at radius 3 is 2.63 bits per heavy atom. The summed E-state index contributed by atoms with van der Waals surface area (Å²) < 4.78 is 0. The maximum Gasteiger partial charge on any atom is 0.302 e. The number of aromatic nitrogens is 2. The molecule has 19 heavy (non-hydrogen) atoms. The number of rotatable bonds is 3. The van der Waals surface area contributed by atoms with Crippen LogP contribution in [0.4, 0.5) is 11.6 Å². The molecule has 7 N–H and O–H groups in total. The summed E-state index contributed by atoms with van der Waals surface area (Å²) in [5, 5.41) is 10.8. The van der Waals surface area contributed by atoms with Gasteiger partial charge in [-0.2, -0.15) is 10.3 Å². The summed E-state index contributed by atoms with van der Waals surface area (Å²) in [5.74, 6) is -1.38. The summed E-state index contributed by atoms with van der Waals surface area (Å²) in [6, 6.07) is 1.83. The van der Waals surface area contributed by atoms with E-state index in [9.17, 15) is 4.79 Å². The van der Waals surface area contributed by atoms with Gasteiger partial charge in [0.2, 0.25) is 0 Å². The molecular weight excluding hydrogens is 295 g/mol. The second kappa shape index (κ2) is 7.20. The number of anilines is 2. The third-order valence-electron chi connectivity index (χ3n) is 1.65. The first-order valence-corrected chi connectivity index (χ1v) is 4.91. The van der Waals surface area contributed by atoms with Crippen LogP contribution in [0.15, 0.2) is 4.99 Å². The van der Waals surface area contributed by atoms with Gasteiger partial charge in [0.25, 0.3) is 0 Å². The van der Waals surface area contributed by atoms with E-state index in [4.69, 9.17) is 34.1 Å². The third-order valence-corrected chi connectivity index (χ3v) is 1.91. The second-order valence-electron chi connectivity index (χ2n) is 2.95. The molecule has 0 unspecified atom stereocenters. The largest absolute Gasteiger partial charge is 0.382 e. The number of hydrogen-bond acceptors (Lipinski definition) is 6. The number of halogens is 2. The van der Waals surface area contributed by atoms with Crippen LogP contribution in [0.25, 0.3) is 0 Å². The van der Waals surface area contributed by atoms with Crippen LogP contribution in [0.5, 0.6) is 0 Å². The molecule has 0 radical (unpaired) electrons. The Morgan fingerprint density at radius 2 is 2.11 bits per heavy atom. The molecule has 1 aromatic rings. The van der Waals surface area contributed by atoms with Gasteiger partial charge in [0.1, 0.15) is 6.54 Å². The average molecular weight is 305 g/mol. The number of aliphatic imine (C=N–C) groups is 1. The highest BCUT2D eigenvalue weighted by atomic mass is 35.5. The standard InChI is InChI=1S/C8H9ClN8O.ClH/c9-4-6(14-2-1-10)16-5(11)3(15-4)7(18)17-8(12)13;/h2H2,(H3,11,14,16)(H4,12,13,17,18);1H. The highest BCUT2D eigenvalue weighted by Gasteiger charge is 2.16. The SMILES string of the molecule is Cl.N#CCNc1nc(N)c(C(=O)N=C(N)N)nc1Cl. The highest BCUT2D eigenvalue weighted by Crippen LogP contribution is 2.20. The average Bonchev–Trinajstić information content (AvgIpc) is 2.28. The van der Waals surface area contributed by atoms with E-state index in [-0.39, 0.29) is 41.4 Å². The van der Waals surface area contributed by atoms with Gasteiger partial charge < -0.3 is 22.5 Å². The number of nitrogens with zero attached hydrogens (tertiary/aromatic N) is 4. The smallest absolute Gasteiger partial charge is 0.302 e. The van der Waals surface area contributed by atoms with E-state index in [0.717, 1.165) is 0 Å². The van der Waals surface area contributed by atoms with Crippen molar-refractivity contribution in [3.05, 3.63) is 10.8 Å². The molecule has 0 bridgehead atoms. The van der Waals surface area contributed by atoms with E-state index in [1.807, 2.05) is 6.07 Å². The monoisotopic (exact) mass is 304 g/mol. The van der Waals surface area contributed by atoms with Crippen LogP contribution in [-0.4, -0.2) is 28.4 Å². The highest BCUT2D eigenvalue weighted by molar-refractivity contribution is 6.32. The molecule has 0 saturated carbocycles. The Balaban J connectivity index is 0.00000324. The second-order valence-corrected chi connectivity index (χ2v) is 3.31. The van der Waals surface area contributed by atoms with Crippen LogP contribution in [0, 0.1) is 11.3 Å². The lowest BCUT2D eigenvalue weighted by Gasteiger charge is -2.06. The van der Waals surface area contributed by atoms with Crippen molar-refractivity contribution in [3.63, 3.8) is 0 Å². The van der Waals surface area contributed by atoms with Gasteiger partial charge in [0.15, 0.2) is 28.4 Å². The van der Waals surface area contributed by atoms with E-state index in [2.05, 4.69) is 20.3 Å². The van der Waals surface area contributed by atoms with Crippen LogP contribution >= 0.6 is 24.0 Å². The predicted molar refractivity (Wildman–Crippen MR) is 72.9 cm³/mol. The topological polar surface area (TPSA) is 169 Å². The molecule has 0 fully saturated rings. The molecule has 0 aliphatic rings. The van der Waals surface area contributed by atoms with Gasteiger partial charge in [0.05, 0.1) is 6.07 Å². The fourth-order valence-corrected chi connectivity index (χ4v) is 1.18. The molecule has 0 aliphatic carbocycles. The van der Waals surface area contributed by atoms with Gasteiger partial charge in [0, 0.05) is 0 Å². The fraction of sp³-hybridized carbons (Fsp3) is 0.125. The number of nitriles is 1. The van der Waals surface area contributed by atoms with Crippen LogP contribution in [0.1, 0.15) is 10.5 Å². The summed E-state index contributed by atoms with van der Waals surface area (Å²) in [6.45, 7) is -0.0327. The van der Waals surface area contributed by atoms with Crippen LogP contribution in [0.3, 0.4) is 0 Å². The van der Waals surface area contributed by atoms with Gasteiger partial charge in [-0.05, 0) is 0 Å². The van der Waals surface area contributed by atoms with E-state index < -0.39 is 11.9 Å².